The highest BCUT2D eigenvalue weighted by Gasteiger charge is 1.96. The molecule has 0 aliphatic rings. The second-order valence-corrected chi connectivity index (χ2v) is 3.48. The monoisotopic (exact) mass is 256 g/mol. The Balaban J connectivity index is 0. The number of aliphatic carboxylic acids is 2. The van der Waals surface area contributed by atoms with Gasteiger partial charge in [-0.15, -0.1) is 0 Å². The number of aryl methyl sites for hydroxylation is 1. The third kappa shape index (κ3) is 16.5. The second-order valence-electron chi connectivity index (χ2n) is 3.48. The third-order valence-corrected chi connectivity index (χ3v) is 1.43. The molecule has 0 heterocycles. The largest absolute Gasteiger partial charge is 0.481 e. The molecular weight excluding hydrogens is 236 g/mol. The Labute approximate surface area is 106 Å². The Morgan fingerprint density at radius 2 is 1.50 bits per heavy atom. The van der Waals surface area contributed by atoms with Crippen molar-refractivity contribution >= 4 is 11.9 Å². The van der Waals surface area contributed by atoms with Crippen LogP contribution in [0.2, 0.25) is 0 Å². The fraction of sp³-hybridized carbons (Fsp3) is 0.333. The lowest BCUT2D eigenvalue weighted by atomic mass is 10.1. The molecule has 1 aromatic rings. The van der Waals surface area contributed by atoms with Gasteiger partial charge in [0.15, 0.2) is 0 Å². The molecule has 0 spiro atoms. The molecule has 18 heavy (non-hydrogen) atoms. The smallest absolute Gasteiger partial charge is 0.300 e. The average Bonchev–Trinajstić information content (AvgIpc) is 2.15. The number of hydrogen-bond donors (Lipinski definition) is 4. The van der Waals surface area contributed by atoms with Crippen LogP contribution in [0.5, 0.6) is 0 Å². The first-order chi connectivity index (χ1) is 8.16. The van der Waals surface area contributed by atoms with Gasteiger partial charge in [-0.05, 0) is 12.5 Å². The number of benzene rings is 1. The molecule has 0 amide bonds. The molecule has 0 unspecified atom stereocenters. The van der Waals surface area contributed by atoms with Gasteiger partial charge in [0.05, 0.1) is 6.17 Å². The Morgan fingerprint density at radius 3 is 1.72 bits per heavy atom. The summed E-state index contributed by atoms with van der Waals surface area (Å²) >= 11 is 0. The first-order valence-corrected chi connectivity index (χ1v) is 5.13. The molecule has 0 aromatic heterocycles. The lowest BCUT2D eigenvalue weighted by Gasteiger charge is -2.04. The zero-order valence-electron chi connectivity index (χ0n) is 10.8. The van der Waals surface area contributed by atoms with E-state index in [0.29, 0.717) is 0 Å². The summed E-state index contributed by atoms with van der Waals surface area (Å²) in [5, 5.41) is 14.8. The number of rotatable bonds is 1. The third-order valence-electron chi connectivity index (χ3n) is 1.43. The van der Waals surface area contributed by atoms with E-state index >= 15 is 0 Å². The average molecular weight is 256 g/mol. The van der Waals surface area contributed by atoms with Crippen molar-refractivity contribution in [2.45, 2.75) is 26.9 Å². The van der Waals surface area contributed by atoms with Crippen LogP contribution < -0.4 is 11.5 Å². The van der Waals surface area contributed by atoms with E-state index in [2.05, 4.69) is 0 Å². The summed E-state index contributed by atoms with van der Waals surface area (Å²) in [6, 6.07) is 7.89. The van der Waals surface area contributed by atoms with Crippen molar-refractivity contribution in [2.75, 3.05) is 0 Å². The summed E-state index contributed by atoms with van der Waals surface area (Å²) < 4.78 is 0. The van der Waals surface area contributed by atoms with Crippen LogP contribution in [0.4, 0.5) is 0 Å². The van der Waals surface area contributed by atoms with E-state index in [1.165, 1.54) is 5.56 Å². The van der Waals surface area contributed by atoms with Gasteiger partial charge in [-0.3, -0.25) is 9.59 Å². The van der Waals surface area contributed by atoms with Crippen molar-refractivity contribution < 1.29 is 19.8 Å². The molecule has 0 radical (unpaired) electrons. The van der Waals surface area contributed by atoms with Crippen LogP contribution in [0.25, 0.3) is 0 Å². The summed E-state index contributed by atoms with van der Waals surface area (Å²) in [5.74, 6) is -1.67. The van der Waals surface area contributed by atoms with Crippen LogP contribution in [0, 0.1) is 6.92 Å². The molecule has 1 rings (SSSR count). The Hall–Kier alpha value is -1.92. The van der Waals surface area contributed by atoms with Gasteiger partial charge in [0, 0.05) is 13.8 Å². The molecule has 0 aliphatic carbocycles. The molecule has 102 valence electrons. The molecule has 0 aliphatic heterocycles. The SMILES string of the molecule is CC(=O)O.CC(=O)O.Cc1cccc(C(N)N)c1. The fourth-order valence-electron chi connectivity index (χ4n) is 0.877. The van der Waals surface area contributed by atoms with Crippen molar-refractivity contribution in [1.29, 1.82) is 0 Å². The summed E-state index contributed by atoms with van der Waals surface area (Å²) in [6.07, 6.45) is -0.347. The van der Waals surface area contributed by atoms with Crippen molar-refractivity contribution in [3.8, 4) is 0 Å². The van der Waals surface area contributed by atoms with Crippen molar-refractivity contribution in [2.24, 2.45) is 11.5 Å². The normalized spacial score (nSPS) is 8.56. The van der Waals surface area contributed by atoms with Gasteiger partial charge in [0.2, 0.25) is 0 Å². The molecule has 6 N–H and O–H groups in total. The minimum Gasteiger partial charge on any atom is -0.481 e. The Morgan fingerprint density at radius 1 is 1.11 bits per heavy atom. The summed E-state index contributed by atoms with van der Waals surface area (Å²) in [7, 11) is 0. The van der Waals surface area contributed by atoms with Gasteiger partial charge < -0.3 is 21.7 Å². The number of hydrogen-bond acceptors (Lipinski definition) is 4. The van der Waals surface area contributed by atoms with Crippen LogP contribution in [0.3, 0.4) is 0 Å². The van der Waals surface area contributed by atoms with E-state index in [0.717, 1.165) is 19.4 Å². The molecular formula is C12H20N2O4. The molecule has 0 saturated carbocycles. The van der Waals surface area contributed by atoms with Crippen LogP contribution in [0.1, 0.15) is 31.1 Å². The van der Waals surface area contributed by atoms with Crippen molar-refractivity contribution in [3.05, 3.63) is 35.4 Å². The number of carboxylic acid groups (broad SMARTS) is 2. The standard InChI is InChI=1S/C8H12N2.2C2H4O2/c1-6-3-2-4-7(5-6)8(9)10;2*1-2(3)4/h2-5,8H,9-10H2,1H3;2*1H3,(H,3,4). The van der Waals surface area contributed by atoms with Gasteiger partial charge in [-0.1, -0.05) is 29.8 Å². The topological polar surface area (TPSA) is 127 Å². The highest BCUT2D eigenvalue weighted by molar-refractivity contribution is 5.63. The van der Waals surface area contributed by atoms with Crippen molar-refractivity contribution in [1.82, 2.24) is 0 Å². The number of nitrogens with two attached hydrogens (primary N) is 2. The van der Waals surface area contributed by atoms with E-state index in [1.54, 1.807) is 0 Å². The van der Waals surface area contributed by atoms with Gasteiger partial charge >= 0.3 is 0 Å². The maximum atomic E-state index is 9.00. The molecule has 6 nitrogen and oxygen atoms in total. The zero-order chi connectivity index (χ0) is 14.7. The fourth-order valence-corrected chi connectivity index (χ4v) is 0.877. The van der Waals surface area contributed by atoms with Crippen LogP contribution in [-0.4, -0.2) is 22.2 Å². The summed E-state index contributed by atoms with van der Waals surface area (Å²) in [5.41, 5.74) is 13.1. The van der Waals surface area contributed by atoms with E-state index in [-0.39, 0.29) is 6.17 Å². The minimum absolute atomic E-state index is 0.347. The first kappa shape index (κ1) is 18.4. The highest BCUT2D eigenvalue weighted by Crippen LogP contribution is 2.06. The Kier molecular flexibility index (Phi) is 10.5. The minimum atomic E-state index is -0.833. The maximum absolute atomic E-state index is 9.00. The van der Waals surface area contributed by atoms with Gasteiger partial charge in [-0.2, -0.15) is 0 Å². The van der Waals surface area contributed by atoms with Crippen molar-refractivity contribution in [3.63, 3.8) is 0 Å². The second kappa shape index (κ2) is 10.2. The van der Waals surface area contributed by atoms with Crippen LogP contribution >= 0.6 is 0 Å². The summed E-state index contributed by atoms with van der Waals surface area (Å²) in [4.78, 5) is 18.0. The van der Waals surface area contributed by atoms with Gasteiger partial charge in [0.25, 0.3) is 11.9 Å². The van der Waals surface area contributed by atoms with Gasteiger partial charge in [0.1, 0.15) is 0 Å². The lowest BCUT2D eigenvalue weighted by molar-refractivity contribution is -0.135. The molecule has 6 heteroatoms. The predicted octanol–water partition coefficient (Wildman–Crippen LogP) is 1.09. The van der Waals surface area contributed by atoms with Crippen LogP contribution in [0.15, 0.2) is 24.3 Å². The molecule has 0 fully saturated rings. The van der Waals surface area contributed by atoms with E-state index in [9.17, 15) is 0 Å². The van der Waals surface area contributed by atoms with Crippen LogP contribution in [-0.2, 0) is 9.59 Å². The van der Waals surface area contributed by atoms with E-state index < -0.39 is 11.9 Å². The number of carbonyl (C=O) groups is 2. The molecule has 0 saturated heterocycles. The first-order valence-electron chi connectivity index (χ1n) is 5.13. The number of carboxylic acids is 2. The van der Waals surface area contributed by atoms with Gasteiger partial charge in [-0.25, -0.2) is 0 Å². The quantitative estimate of drug-likeness (QED) is 0.557. The highest BCUT2D eigenvalue weighted by atomic mass is 16.4. The molecule has 1 aromatic carbocycles. The molecule has 0 bridgehead atoms. The summed E-state index contributed by atoms with van der Waals surface area (Å²) in [6.45, 7) is 4.19. The molecule has 0 atom stereocenters. The maximum Gasteiger partial charge on any atom is 0.300 e. The lowest BCUT2D eigenvalue weighted by Crippen LogP contribution is -2.19. The van der Waals surface area contributed by atoms with E-state index in [4.69, 9.17) is 31.3 Å². The predicted molar refractivity (Wildman–Crippen MR) is 68.9 cm³/mol. The Bertz CT molecular complexity index is 358. The zero-order valence-corrected chi connectivity index (χ0v) is 10.8. The van der Waals surface area contributed by atoms with E-state index in [1.807, 2.05) is 31.2 Å².